The highest BCUT2D eigenvalue weighted by atomic mass is 16.4. The molecule has 5 heteroatoms. The van der Waals surface area contributed by atoms with Gasteiger partial charge >= 0.3 is 5.76 Å². The number of nitrogens with one attached hydrogen (secondary N) is 2. The van der Waals surface area contributed by atoms with Crippen LogP contribution in [0.5, 0.6) is 0 Å². The van der Waals surface area contributed by atoms with E-state index in [1.165, 1.54) is 0 Å². The summed E-state index contributed by atoms with van der Waals surface area (Å²) in [6.07, 6.45) is 0.798. The second kappa shape index (κ2) is 4.64. The number of hydrogen-bond donors (Lipinski definition) is 2. The van der Waals surface area contributed by atoms with Crippen molar-refractivity contribution in [1.29, 1.82) is 5.26 Å². The summed E-state index contributed by atoms with van der Waals surface area (Å²) < 4.78 is 4.95. The second-order valence-electron chi connectivity index (χ2n) is 3.43. The predicted molar refractivity (Wildman–Crippen MR) is 59.0 cm³/mol. The van der Waals surface area contributed by atoms with Crippen molar-refractivity contribution >= 4 is 11.1 Å². The highest BCUT2D eigenvalue weighted by Gasteiger charge is 2.01. The van der Waals surface area contributed by atoms with Crippen molar-refractivity contribution < 1.29 is 4.42 Å². The van der Waals surface area contributed by atoms with Gasteiger partial charge in [-0.25, -0.2) is 4.79 Å². The number of oxazole rings is 1. The third-order valence-electron chi connectivity index (χ3n) is 2.28. The molecule has 0 aliphatic carbocycles. The van der Waals surface area contributed by atoms with Gasteiger partial charge in [-0.05, 0) is 24.1 Å². The minimum atomic E-state index is -0.435. The molecule has 2 N–H and O–H groups in total. The fourth-order valence-corrected chi connectivity index (χ4v) is 1.52. The first-order chi connectivity index (χ1) is 7.79. The van der Waals surface area contributed by atoms with E-state index in [2.05, 4.69) is 10.3 Å². The minimum absolute atomic E-state index is 0.349. The van der Waals surface area contributed by atoms with Crippen LogP contribution < -0.4 is 11.1 Å². The van der Waals surface area contributed by atoms with Crippen LogP contribution in [0.3, 0.4) is 0 Å². The van der Waals surface area contributed by atoms with Crippen LogP contribution in [0.4, 0.5) is 0 Å². The molecule has 5 nitrogen and oxygen atoms in total. The molecule has 2 aromatic rings. The molecule has 0 atom stereocenters. The average Bonchev–Trinajstić information content (AvgIpc) is 2.64. The van der Waals surface area contributed by atoms with Crippen LogP contribution in [-0.2, 0) is 6.42 Å². The topological polar surface area (TPSA) is 81.8 Å². The lowest BCUT2D eigenvalue weighted by atomic mass is 10.1. The van der Waals surface area contributed by atoms with Gasteiger partial charge in [0.15, 0.2) is 5.58 Å². The normalized spacial score (nSPS) is 10.4. The molecule has 2 rings (SSSR count). The maximum absolute atomic E-state index is 10.9. The zero-order valence-corrected chi connectivity index (χ0v) is 8.62. The average molecular weight is 217 g/mol. The summed E-state index contributed by atoms with van der Waals surface area (Å²) in [6.45, 7) is 1.08. The molecule has 1 heterocycles. The second-order valence-corrected chi connectivity index (χ2v) is 3.43. The van der Waals surface area contributed by atoms with Gasteiger partial charge in [-0.3, -0.25) is 4.98 Å². The fraction of sp³-hybridized carbons (Fsp3) is 0.273. The smallest absolute Gasteiger partial charge is 0.408 e. The minimum Gasteiger partial charge on any atom is -0.408 e. The van der Waals surface area contributed by atoms with E-state index in [1.54, 1.807) is 0 Å². The molecule has 1 aromatic carbocycles. The number of benzene rings is 1. The molecule has 0 aliphatic heterocycles. The van der Waals surface area contributed by atoms with Gasteiger partial charge in [-0.2, -0.15) is 5.26 Å². The first-order valence-corrected chi connectivity index (χ1v) is 4.99. The van der Waals surface area contributed by atoms with Crippen molar-refractivity contribution in [3.63, 3.8) is 0 Å². The molecule has 0 fully saturated rings. The SMILES string of the molecule is N#CCNCCc1ccc2[nH]c(=O)oc2c1. The summed E-state index contributed by atoms with van der Waals surface area (Å²) in [6, 6.07) is 7.60. The van der Waals surface area contributed by atoms with Crippen molar-refractivity contribution in [1.82, 2.24) is 10.3 Å². The molecule has 0 saturated heterocycles. The first kappa shape index (κ1) is 10.5. The number of aromatic amines is 1. The zero-order valence-electron chi connectivity index (χ0n) is 8.62. The molecule has 0 radical (unpaired) electrons. The number of fused-ring (bicyclic) bond motifs is 1. The van der Waals surface area contributed by atoms with Crippen LogP contribution in [0.25, 0.3) is 11.1 Å². The Bertz CT molecular complexity index is 577. The molecule has 1 aromatic heterocycles. The molecule has 0 bridgehead atoms. The van der Waals surface area contributed by atoms with Gasteiger partial charge in [0, 0.05) is 6.54 Å². The molecule has 0 spiro atoms. The van der Waals surface area contributed by atoms with Crippen molar-refractivity contribution in [3.05, 3.63) is 34.3 Å². The van der Waals surface area contributed by atoms with E-state index in [4.69, 9.17) is 9.68 Å². The van der Waals surface area contributed by atoms with Gasteiger partial charge < -0.3 is 9.73 Å². The Morgan fingerprint density at radius 2 is 2.38 bits per heavy atom. The number of nitriles is 1. The molecule has 0 unspecified atom stereocenters. The molecule has 0 saturated carbocycles. The van der Waals surface area contributed by atoms with E-state index in [0.29, 0.717) is 17.6 Å². The van der Waals surface area contributed by atoms with Crippen LogP contribution in [0, 0.1) is 11.3 Å². The van der Waals surface area contributed by atoms with Crippen LogP contribution in [0.15, 0.2) is 27.4 Å². The van der Waals surface area contributed by atoms with E-state index in [9.17, 15) is 4.79 Å². The Morgan fingerprint density at radius 3 is 3.19 bits per heavy atom. The Morgan fingerprint density at radius 1 is 1.50 bits per heavy atom. The molecular weight excluding hydrogens is 206 g/mol. The van der Waals surface area contributed by atoms with Gasteiger partial charge in [-0.1, -0.05) is 6.07 Å². The highest BCUT2D eigenvalue weighted by Crippen LogP contribution is 2.12. The van der Waals surface area contributed by atoms with Crippen molar-refractivity contribution in [2.24, 2.45) is 0 Å². The largest absolute Gasteiger partial charge is 0.417 e. The quantitative estimate of drug-likeness (QED) is 0.585. The molecular formula is C11H11N3O2. The maximum Gasteiger partial charge on any atom is 0.417 e. The molecule has 82 valence electrons. The summed E-state index contributed by atoms with van der Waals surface area (Å²) in [4.78, 5) is 13.5. The zero-order chi connectivity index (χ0) is 11.4. The Kier molecular flexibility index (Phi) is 3.03. The monoisotopic (exact) mass is 217 g/mol. The summed E-state index contributed by atoms with van der Waals surface area (Å²) >= 11 is 0. The van der Waals surface area contributed by atoms with Gasteiger partial charge in [0.25, 0.3) is 0 Å². The van der Waals surface area contributed by atoms with Crippen molar-refractivity contribution in [2.45, 2.75) is 6.42 Å². The van der Waals surface area contributed by atoms with Crippen LogP contribution in [0.2, 0.25) is 0 Å². The van der Waals surface area contributed by atoms with E-state index in [-0.39, 0.29) is 0 Å². The lowest BCUT2D eigenvalue weighted by Gasteiger charge is -2.00. The van der Waals surface area contributed by atoms with Crippen LogP contribution in [-0.4, -0.2) is 18.1 Å². The van der Waals surface area contributed by atoms with Crippen molar-refractivity contribution in [2.75, 3.05) is 13.1 Å². The summed E-state index contributed by atoms with van der Waals surface area (Å²) in [7, 11) is 0. The van der Waals surface area contributed by atoms with Crippen molar-refractivity contribution in [3.8, 4) is 6.07 Å². The lowest BCUT2D eigenvalue weighted by Crippen LogP contribution is -2.17. The standard InChI is InChI=1S/C11H11N3O2/c12-4-6-13-5-3-8-1-2-9-10(7-8)16-11(15)14-9/h1-2,7,13H,3,5-6H2,(H,14,15). The summed E-state index contributed by atoms with van der Waals surface area (Å²) in [5.41, 5.74) is 2.35. The number of H-pyrrole nitrogens is 1. The summed E-state index contributed by atoms with van der Waals surface area (Å²) in [5.74, 6) is -0.435. The third kappa shape index (κ3) is 2.30. The molecule has 0 aliphatic rings. The Hall–Kier alpha value is -2.06. The van der Waals surface area contributed by atoms with Crippen LogP contribution in [0.1, 0.15) is 5.56 Å². The highest BCUT2D eigenvalue weighted by molar-refractivity contribution is 5.72. The number of aromatic nitrogens is 1. The van der Waals surface area contributed by atoms with Gasteiger partial charge in [0.1, 0.15) is 0 Å². The van der Waals surface area contributed by atoms with E-state index >= 15 is 0 Å². The van der Waals surface area contributed by atoms with E-state index in [1.807, 2.05) is 24.3 Å². The first-order valence-electron chi connectivity index (χ1n) is 4.99. The predicted octanol–water partition coefficient (Wildman–Crippen LogP) is 0.777. The number of nitrogens with zero attached hydrogens (tertiary/aromatic N) is 1. The third-order valence-corrected chi connectivity index (χ3v) is 2.28. The van der Waals surface area contributed by atoms with E-state index < -0.39 is 5.76 Å². The number of hydrogen-bond acceptors (Lipinski definition) is 4. The Balaban J connectivity index is 2.08. The molecule has 16 heavy (non-hydrogen) atoms. The van der Waals surface area contributed by atoms with Gasteiger partial charge in [0.05, 0.1) is 18.1 Å². The number of rotatable bonds is 4. The Labute approximate surface area is 91.7 Å². The maximum atomic E-state index is 10.9. The fourth-order valence-electron chi connectivity index (χ4n) is 1.52. The van der Waals surface area contributed by atoms with Gasteiger partial charge in [-0.15, -0.1) is 0 Å². The van der Waals surface area contributed by atoms with Gasteiger partial charge in [0.2, 0.25) is 0 Å². The molecule has 0 amide bonds. The van der Waals surface area contributed by atoms with Crippen LogP contribution >= 0.6 is 0 Å². The lowest BCUT2D eigenvalue weighted by molar-refractivity contribution is 0.555. The summed E-state index contributed by atoms with van der Waals surface area (Å²) in [5, 5.41) is 11.3. The van der Waals surface area contributed by atoms with E-state index in [0.717, 1.165) is 18.5 Å².